The van der Waals surface area contributed by atoms with Crippen molar-refractivity contribution in [3.8, 4) is 0 Å². The Labute approximate surface area is 176 Å². The highest BCUT2D eigenvalue weighted by molar-refractivity contribution is 14.0. The van der Waals surface area contributed by atoms with Gasteiger partial charge >= 0.3 is 0 Å². The Morgan fingerprint density at radius 2 is 2.04 bits per heavy atom. The molecule has 3 rings (SSSR count). The highest BCUT2D eigenvalue weighted by Crippen LogP contribution is 2.19. The first kappa shape index (κ1) is 20.9. The molecule has 0 bridgehead atoms. The summed E-state index contributed by atoms with van der Waals surface area (Å²) in [6.07, 6.45) is 1.85. The van der Waals surface area contributed by atoms with Gasteiger partial charge < -0.3 is 15.1 Å². The predicted octanol–water partition coefficient (Wildman–Crippen LogP) is 3.18. The third kappa shape index (κ3) is 5.29. The molecule has 0 radical (unpaired) electrons. The van der Waals surface area contributed by atoms with Crippen LogP contribution in [0.4, 0.5) is 5.82 Å². The zero-order valence-corrected chi connectivity index (χ0v) is 18.7. The molecule has 0 aliphatic carbocycles. The van der Waals surface area contributed by atoms with Gasteiger partial charge in [-0.25, -0.2) is 9.97 Å². The van der Waals surface area contributed by atoms with Crippen LogP contribution in [-0.2, 0) is 6.54 Å². The van der Waals surface area contributed by atoms with Crippen LogP contribution in [0.5, 0.6) is 0 Å². The van der Waals surface area contributed by atoms with Crippen LogP contribution in [0, 0.1) is 0 Å². The molecule has 1 aliphatic rings. The minimum absolute atomic E-state index is 0. The maximum atomic E-state index is 4.68. The standard InChI is InChI=1S/C18H26N6S.HI/c1-14(2)17-22-15(13-25-17)12-21-18(19-3)24-10-8-23(9-11-24)16-6-4-5-7-20-16;/h4-7,13-14H,8-12H2,1-3H3,(H,19,21);1H. The molecule has 3 heterocycles. The minimum atomic E-state index is 0. The number of nitrogens with one attached hydrogen (secondary N) is 1. The number of halogens is 1. The van der Waals surface area contributed by atoms with E-state index in [0.717, 1.165) is 50.2 Å². The zero-order valence-electron chi connectivity index (χ0n) is 15.6. The summed E-state index contributed by atoms with van der Waals surface area (Å²) in [5, 5.41) is 6.77. The molecule has 2 aromatic heterocycles. The second-order valence-corrected chi connectivity index (χ2v) is 7.28. The molecule has 0 spiro atoms. The van der Waals surface area contributed by atoms with Gasteiger partial charge in [-0.05, 0) is 12.1 Å². The smallest absolute Gasteiger partial charge is 0.194 e. The van der Waals surface area contributed by atoms with Crippen LogP contribution in [0.3, 0.4) is 0 Å². The average molecular weight is 486 g/mol. The predicted molar refractivity (Wildman–Crippen MR) is 120 cm³/mol. The Hall–Kier alpha value is -1.42. The number of hydrogen-bond donors (Lipinski definition) is 1. The lowest BCUT2D eigenvalue weighted by molar-refractivity contribution is 0.371. The molecule has 0 saturated carbocycles. The lowest BCUT2D eigenvalue weighted by atomic mass is 10.2. The van der Waals surface area contributed by atoms with Crippen LogP contribution >= 0.6 is 35.3 Å². The van der Waals surface area contributed by atoms with Crippen molar-refractivity contribution in [2.45, 2.75) is 26.3 Å². The summed E-state index contributed by atoms with van der Waals surface area (Å²) in [7, 11) is 1.84. The van der Waals surface area contributed by atoms with Gasteiger partial charge in [-0.1, -0.05) is 19.9 Å². The van der Waals surface area contributed by atoms with Crippen LogP contribution in [0.15, 0.2) is 34.8 Å². The van der Waals surface area contributed by atoms with Crippen molar-refractivity contribution in [2.24, 2.45) is 4.99 Å². The number of aliphatic imine (C=N–C) groups is 1. The highest BCUT2D eigenvalue weighted by atomic mass is 127. The van der Waals surface area contributed by atoms with Crippen molar-refractivity contribution >= 4 is 47.1 Å². The third-order valence-electron chi connectivity index (χ3n) is 4.26. The van der Waals surface area contributed by atoms with Gasteiger partial charge in [0.1, 0.15) is 5.82 Å². The summed E-state index contributed by atoms with van der Waals surface area (Å²) >= 11 is 1.73. The quantitative estimate of drug-likeness (QED) is 0.409. The summed E-state index contributed by atoms with van der Waals surface area (Å²) in [6, 6.07) is 6.06. The summed E-state index contributed by atoms with van der Waals surface area (Å²) in [5.41, 5.74) is 1.09. The molecule has 1 aliphatic heterocycles. The molecule has 6 nitrogen and oxygen atoms in total. The maximum Gasteiger partial charge on any atom is 0.194 e. The van der Waals surface area contributed by atoms with Crippen molar-refractivity contribution in [3.05, 3.63) is 40.5 Å². The number of rotatable bonds is 4. The van der Waals surface area contributed by atoms with Crippen molar-refractivity contribution < 1.29 is 0 Å². The van der Waals surface area contributed by atoms with E-state index in [0.29, 0.717) is 5.92 Å². The molecule has 1 saturated heterocycles. The van der Waals surface area contributed by atoms with Gasteiger partial charge in [0.2, 0.25) is 0 Å². The van der Waals surface area contributed by atoms with Crippen LogP contribution in [0.2, 0.25) is 0 Å². The average Bonchev–Trinajstić information content (AvgIpc) is 3.13. The SMILES string of the molecule is CN=C(NCc1csc(C(C)C)n1)N1CCN(c2ccccn2)CC1.I. The summed E-state index contributed by atoms with van der Waals surface area (Å²) in [5.74, 6) is 2.48. The highest BCUT2D eigenvalue weighted by Gasteiger charge is 2.20. The van der Waals surface area contributed by atoms with Crippen LogP contribution in [0.25, 0.3) is 0 Å². The molecular formula is C18H27IN6S. The Bertz CT molecular complexity index is 695. The Kier molecular flexibility index (Phi) is 8.08. The van der Waals surface area contributed by atoms with Crippen LogP contribution < -0.4 is 10.2 Å². The maximum absolute atomic E-state index is 4.68. The number of hydrogen-bond acceptors (Lipinski definition) is 5. The van der Waals surface area contributed by atoms with E-state index in [4.69, 9.17) is 0 Å². The molecule has 8 heteroatoms. The first-order valence-electron chi connectivity index (χ1n) is 8.73. The molecule has 0 amide bonds. The van der Waals surface area contributed by atoms with E-state index in [1.807, 2.05) is 25.4 Å². The van der Waals surface area contributed by atoms with Gasteiger partial charge in [-0.2, -0.15) is 0 Å². The number of piperazine rings is 1. The lowest BCUT2D eigenvalue weighted by Crippen LogP contribution is -2.52. The molecule has 0 aromatic carbocycles. The van der Waals surface area contributed by atoms with Crippen molar-refractivity contribution in [2.75, 3.05) is 38.1 Å². The van der Waals surface area contributed by atoms with E-state index in [-0.39, 0.29) is 24.0 Å². The number of pyridine rings is 1. The Morgan fingerprint density at radius 3 is 2.62 bits per heavy atom. The van der Waals surface area contributed by atoms with E-state index in [2.05, 4.69) is 55.4 Å². The Balaban J connectivity index is 0.00000243. The second kappa shape index (κ2) is 10.1. The molecule has 1 N–H and O–H groups in total. The summed E-state index contributed by atoms with van der Waals surface area (Å²) in [6.45, 7) is 8.84. The monoisotopic (exact) mass is 486 g/mol. The fourth-order valence-electron chi connectivity index (χ4n) is 2.86. The first-order valence-corrected chi connectivity index (χ1v) is 9.61. The van der Waals surface area contributed by atoms with Gasteiger partial charge in [0.15, 0.2) is 5.96 Å². The van der Waals surface area contributed by atoms with Gasteiger partial charge in [0.05, 0.1) is 17.2 Å². The van der Waals surface area contributed by atoms with E-state index >= 15 is 0 Å². The van der Waals surface area contributed by atoms with E-state index < -0.39 is 0 Å². The topological polar surface area (TPSA) is 56.7 Å². The second-order valence-electron chi connectivity index (χ2n) is 6.39. The van der Waals surface area contributed by atoms with Crippen molar-refractivity contribution in [3.63, 3.8) is 0 Å². The van der Waals surface area contributed by atoms with Gasteiger partial charge in [-0.3, -0.25) is 4.99 Å². The number of nitrogens with zero attached hydrogens (tertiary/aromatic N) is 5. The summed E-state index contributed by atoms with van der Waals surface area (Å²) < 4.78 is 0. The first-order chi connectivity index (χ1) is 12.2. The normalized spacial score (nSPS) is 15.2. The fraction of sp³-hybridized carbons (Fsp3) is 0.500. The van der Waals surface area contributed by atoms with Gasteiger partial charge in [0.25, 0.3) is 0 Å². The van der Waals surface area contributed by atoms with E-state index in [1.165, 1.54) is 5.01 Å². The molecule has 2 aromatic rings. The van der Waals surface area contributed by atoms with Gasteiger partial charge in [0, 0.05) is 50.7 Å². The molecule has 0 unspecified atom stereocenters. The molecular weight excluding hydrogens is 459 g/mol. The van der Waals surface area contributed by atoms with E-state index in [9.17, 15) is 0 Å². The largest absolute Gasteiger partial charge is 0.353 e. The number of guanidine groups is 1. The lowest BCUT2D eigenvalue weighted by Gasteiger charge is -2.37. The third-order valence-corrected chi connectivity index (χ3v) is 5.45. The van der Waals surface area contributed by atoms with E-state index in [1.54, 1.807) is 11.3 Å². The number of anilines is 1. The Morgan fingerprint density at radius 1 is 1.27 bits per heavy atom. The van der Waals surface area contributed by atoms with Gasteiger partial charge in [-0.15, -0.1) is 35.3 Å². The zero-order chi connectivity index (χ0) is 17.6. The molecule has 142 valence electrons. The fourth-order valence-corrected chi connectivity index (χ4v) is 3.69. The van der Waals surface area contributed by atoms with Crippen LogP contribution in [0.1, 0.15) is 30.5 Å². The number of aromatic nitrogens is 2. The summed E-state index contributed by atoms with van der Waals surface area (Å²) in [4.78, 5) is 18.2. The number of thiazole rings is 1. The van der Waals surface area contributed by atoms with Crippen molar-refractivity contribution in [1.82, 2.24) is 20.2 Å². The molecule has 26 heavy (non-hydrogen) atoms. The van der Waals surface area contributed by atoms with Crippen LogP contribution in [-0.4, -0.2) is 54.1 Å². The van der Waals surface area contributed by atoms with Crippen molar-refractivity contribution in [1.29, 1.82) is 0 Å². The molecule has 1 fully saturated rings. The molecule has 0 atom stereocenters. The minimum Gasteiger partial charge on any atom is -0.353 e.